The van der Waals surface area contributed by atoms with Crippen molar-refractivity contribution in [2.45, 2.75) is 6.92 Å². The summed E-state index contributed by atoms with van der Waals surface area (Å²) in [5.41, 5.74) is 24.4. The van der Waals surface area contributed by atoms with Gasteiger partial charge in [-0.15, -0.1) is 0 Å². The molecule has 15 aromatic rings. The number of aromatic nitrogens is 24. The van der Waals surface area contributed by atoms with Crippen molar-refractivity contribution in [1.29, 1.82) is 0 Å². The smallest absolute Gasteiger partial charge is 0.165 e. The standard InChI is InChI=1S/C18H21FN6O.C17H19FN6O.C16H17FN6O.C11H16N6.C10H13N5O.C7H9N5/c1-23(2)17-15-16(22-24(3)18(15)21-11-20-17)12-4-5-14(13(19)10-12)25-6-8-26-9-7-25;1-19-16-14-15(22-23(2)17(14)21-10-20-16)11-3-4-13(12(18)9-11)24-5-7-25-8-6-24;1-22-16-13(15(18)19-9-20-16)14(21-22)10-2-3-12(11(17)8-10)23-4-6-24-7-5-23;1-15-3-5-17(6-4-15)11-9-10(12-7-13-11)16(2)8-14-9;1-14-7-13-8-9(14)11-6-12-10(8)15-2-4-16-5-3-15;1-4-10-6(8)5-7(11-4)12(2)3-9-5/h4-5,10-11H,6-9H2,1-3H3;3-4,9-10H,5-8H2,1-2H3,(H,19,20,21);2-3,8-9H,4-7H2,1H3,(H2,18,19,20);7-8H,3-6H2,1-2H3;6-7H,2-5H2,1H3;3H,1-2H3,(H2,8,10,11). The summed E-state index contributed by atoms with van der Waals surface area (Å²) in [6, 6.07) is 15.6. The van der Waals surface area contributed by atoms with E-state index in [1.807, 2.05) is 114 Å². The largest absolute Gasteiger partial charge is 0.383 e. The highest BCUT2D eigenvalue weighted by Gasteiger charge is 2.27. The summed E-state index contributed by atoms with van der Waals surface area (Å²) in [5, 5.41) is 18.8. The molecule has 5 fully saturated rings. The number of halogens is 3. The van der Waals surface area contributed by atoms with Crippen LogP contribution in [0.3, 0.4) is 0 Å². The third kappa shape index (κ3) is 17.4. The predicted octanol–water partition coefficient (Wildman–Crippen LogP) is 6.28. The number of nitrogens with two attached hydrogens (primary N) is 2. The SMILES string of the molecule is CN(C)c1ncnc2c1c(-c1ccc(N3CCOCC3)c(F)c1)nn2C.CN1CCN(c2ncnc3c2ncn3C)CC1.CNc1ncnc2c1c(-c1ccc(N3CCOCC3)c(F)c1)nn2C.Cc1nc(N)c2ncn(C)c2n1.Cn1cnc2c(N3CCOCC3)ncnc21.Cn1nc(-c2ccc(N3CCOCC3)c(F)c2)c2c(N)ncnc21. The maximum atomic E-state index is 14.8. The van der Waals surface area contributed by atoms with E-state index in [0.717, 1.165) is 114 Å². The van der Waals surface area contributed by atoms with E-state index in [9.17, 15) is 13.2 Å². The minimum atomic E-state index is -0.288. The Balaban J connectivity index is 0.000000114. The average Bonchev–Trinajstić information content (AvgIpc) is 1.59. The number of rotatable bonds is 10. The van der Waals surface area contributed by atoms with E-state index >= 15 is 0 Å². The fourth-order valence-corrected chi connectivity index (χ4v) is 14.8. The van der Waals surface area contributed by atoms with Gasteiger partial charge in [-0.3, -0.25) is 0 Å². The van der Waals surface area contributed by atoms with Crippen molar-refractivity contribution in [3.63, 3.8) is 0 Å². The Labute approximate surface area is 687 Å². The van der Waals surface area contributed by atoms with Crippen LogP contribution in [0.4, 0.5) is 65.1 Å². The maximum Gasteiger partial charge on any atom is 0.165 e. The summed E-state index contributed by atoms with van der Waals surface area (Å²) in [7, 11) is 19.0. The molecule has 0 atom stereocenters. The number of benzene rings is 3. The summed E-state index contributed by atoms with van der Waals surface area (Å²) in [6.07, 6.45) is 12.8. The van der Waals surface area contributed by atoms with Gasteiger partial charge in [-0.2, -0.15) is 15.3 Å². The third-order valence-corrected chi connectivity index (χ3v) is 21.0. The molecule has 3 aromatic carbocycles. The quantitative estimate of drug-likeness (QED) is 0.136. The molecule has 626 valence electrons. The van der Waals surface area contributed by atoms with Crippen molar-refractivity contribution < 1.29 is 32.1 Å². The number of hydrogen-bond donors (Lipinski definition) is 3. The van der Waals surface area contributed by atoms with Gasteiger partial charge in [-0.05, 0) is 50.4 Å². The molecule has 0 radical (unpaired) electrons. The van der Waals surface area contributed by atoms with Gasteiger partial charge in [0.15, 0.2) is 62.4 Å². The number of nitrogen functional groups attached to an aromatic ring is 2. The van der Waals surface area contributed by atoms with Crippen molar-refractivity contribution in [2.75, 3.05) is 206 Å². The Hall–Kier alpha value is -13.3. The van der Waals surface area contributed by atoms with Gasteiger partial charge in [0.25, 0.3) is 0 Å². The van der Waals surface area contributed by atoms with Gasteiger partial charge in [-0.1, -0.05) is 18.2 Å². The first kappa shape index (κ1) is 81.9. The van der Waals surface area contributed by atoms with E-state index in [0.29, 0.717) is 175 Å². The summed E-state index contributed by atoms with van der Waals surface area (Å²) in [5.74, 6) is 3.94. The summed E-state index contributed by atoms with van der Waals surface area (Å²) >= 11 is 0. The summed E-state index contributed by atoms with van der Waals surface area (Å²) < 4.78 is 76.2. The molecule has 20 rings (SSSR count). The van der Waals surface area contributed by atoms with E-state index in [-0.39, 0.29) is 17.5 Å². The van der Waals surface area contributed by atoms with Gasteiger partial charge in [0, 0.05) is 159 Å². The summed E-state index contributed by atoms with van der Waals surface area (Å²) in [6.45, 7) is 17.0. The highest BCUT2D eigenvalue weighted by molar-refractivity contribution is 6.01. The molecule has 12 aromatic heterocycles. The molecule has 41 heteroatoms. The number of likely N-dealkylation sites (N-methyl/N-ethyl adjacent to an activating group) is 1. The van der Waals surface area contributed by atoms with Gasteiger partial charge in [0.2, 0.25) is 0 Å². The maximum absolute atomic E-state index is 14.8. The molecule has 0 aliphatic carbocycles. The van der Waals surface area contributed by atoms with E-state index in [1.54, 1.807) is 78.0 Å². The molecular weight excluding hydrogens is 1550 g/mol. The first-order valence-corrected chi connectivity index (χ1v) is 39.1. The lowest BCUT2D eigenvalue weighted by atomic mass is 10.1. The van der Waals surface area contributed by atoms with Crippen LogP contribution < -0.4 is 46.2 Å². The van der Waals surface area contributed by atoms with Crippen molar-refractivity contribution in [3.8, 4) is 33.8 Å². The van der Waals surface area contributed by atoms with E-state index in [2.05, 4.69) is 117 Å². The molecule has 0 spiro atoms. The van der Waals surface area contributed by atoms with E-state index in [4.69, 9.17) is 30.4 Å². The molecule has 0 unspecified atom stereocenters. The first-order valence-electron chi connectivity index (χ1n) is 39.1. The third-order valence-electron chi connectivity index (χ3n) is 21.0. The monoisotopic (exact) mass is 1640 g/mol. The Kier molecular flexibility index (Phi) is 24.8. The Bertz CT molecular complexity index is 6090. The Morgan fingerprint density at radius 3 is 1.18 bits per heavy atom. The van der Waals surface area contributed by atoms with Crippen LogP contribution >= 0.6 is 0 Å². The lowest BCUT2D eigenvalue weighted by molar-refractivity contribution is 0.122. The number of morpholine rings is 4. The minimum absolute atomic E-state index is 0.258. The van der Waals surface area contributed by atoms with Gasteiger partial charge in [0.05, 0.1) is 105 Å². The molecule has 38 nitrogen and oxygen atoms in total. The molecule has 0 amide bonds. The highest BCUT2D eigenvalue weighted by Crippen LogP contribution is 2.38. The topological polar surface area (TPSA) is 385 Å². The molecule has 5 aliphatic rings. The second kappa shape index (κ2) is 36.3. The zero-order chi connectivity index (χ0) is 83.8. The molecule has 0 saturated carbocycles. The van der Waals surface area contributed by atoms with Crippen LogP contribution in [0.25, 0.3) is 100 Å². The number of imidazole rings is 3. The minimum Gasteiger partial charge on any atom is -0.383 e. The number of ether oxygens (including phenoxy) is 4. The molecule has 5 N–H and O–H groups in total. The molecule has 5 aliphatic heterocycles. The molecular formula is C79H95F3N34O4. The van der Waals surface area contributed by atoms with Gasteiger partial charge in [-0.25, -0.2) is 102 Å². The number of anilines is 9. The first-order chi connectivity index (χ1) is 58.2. The van der Waals surface area contributed by atoms with Crippen molar-refractivity contribution in [2.24, 2.45) is 42.3 Å². The van der Waals surface area contributed by atoms with E-state index < -0.39 is 0 Å². The fourth-order valence-electron chi connectivity index (χ4n) is 14.8. The number of nitrogens with zero attached hydrogens (tertiary/aromatic N) is 31. The van der Waals surface area contributed by atoms with Crippen LogP contribution in [-0.4, -0.2) is 282 Å². The van der Waals surface area contributed by atoms with Crippen LogP contribution in [-0.2, 0) is 61.2 Å². The number of nitrogens with one attached hydrogen (secondary N) is 1. The average molecular weight is 1640 g/mol. The second-order valence-electron chi connectivity index (χ2n) is 29.2. The normalized spacial score (nSPS) is 15.2. The number of hydrogen-bond acceptors (Lipinski definition) is 32. The Morgan fingerprint density at radius 2 is 0.742 bits per heavy atom. The lowest BCUT2D eigenvalue weighted by Gasteiger charge is -2.33. The zero-order valence-corrected chi connectivity index (χ0v) is 68.7. The van der Waals surface area contributed by atoms with Gasteiger partial charge >= 0.3 is 0 Å². The van der Waals surface area contributed by atoms with Gasteiger partial charge in [0.1, 0.15) is 95.0 Å². The fraction of sp³-hybridized carbons (Fsp3) is 0.392. The van der Waals surface area contributed by atoms with Crippen LogP contribution in [0, 0.1) is 24.4 Å². The number of piperazine rings is 1. The predicted molar refractivity (Wildman–Crippen MR) is 453 cm³/mol. The van der Waals surface area contributed by atoms with Crippen LogP contribution in [0.2, 0.25) is 0 Å². The Morgan fingerprint density at radius 1 is 0.375 bits per heavy atom. The number of fused-ring (bicyclic) bond motifs is 6. The van der Waals surface area contributed by atoms with Crippen LogP contribution in [0.1, 0.15) is 5.82 Å². The van der Waals surface area contributed by atoms with Crippen LogP contribution in [0.5, 0.6) is 0 Å². The summed E-state index contributed by atoms with van der Waals surface area (Å²) in [4.78, 5) is 78.4. The molecule has 120 heavy (non-hydrogen) atoms. The van der Waals surface area contributed by atoms with Crippen molar-refractivity contribution in [3.05, 3.63) is 128 Å². The zero-order valence-electron chi connectivity index (χ0n) is 68.7. The second-order valence-corrected chi connectivity index (χ2v) is 29.2. The lowest BCUT2D eigenvalue weighted by Crippen LogP contribution is -2.44. The molecule has 5 saturated heterocycles. The van der Waals surface area contributed by atoms with Crippen molar-refractivity contribution >= 4 is 119 Å². The van der Waals surface area contributed by atoms with Gasteiger partial charge < -0.3 is 83.7 Å². The highest BCUT2D eigenvalue weighted by atomic mass is 19.1. The molecule has 0 bridgehead atoms. The van der Waals surface area contributed by atoms with Crippen LogP contribution in [0.15, 0.2) is 105 Å². The molecule has 17 heterocycles. The van der Waals surface area contributed by atoms with Crippen molar-refractivity contribution in [1.82, 2.24) is 123 Å². The number of aryl methyl sites for hydroxylation is 7. The van der Waals surface area contributed by atoms with E-state index in [1.165, 1.54) is 31.1 Å².